The number of fused-ring (bicyclic) bond motifs is 1. The number of carboxylic acid groups (broad SMARTS) is 1. The standard InChI is InChI=1S/C21H30N4O6/c1-11(27)18-15-7-14(19(21(30)31)25(15)20(18)29)12-4-6-23(9-12)16(22)8-17(28)24-5-2-3-13(24)10-26/h11-13,15,18,22,26-27H,2-10H2,1H3,(H,30,31)/t11-,12-,13+,15-,18-/m1/s1. The number of hydrogen-bond acceptors (Lipinski definition) is 6. The molecule has 0 aromatic heterocycles. The zero-order valence-corrected chi connectivity index (χ0v) is 17.7. The number of likely N-dealkylation sites (tertiary alicyclic amines) is 2. The maximum atomic E-state index is 12.6. The fraction of sp³-hybridized carbons (Fsp3) is 0.714. The highest BCUT2D eigenvalue weighted by atomic mass is 16.4. The van der Waals surface area contributed by atoms with Gasteiger partial charge >= 0.3 is 5.97 Å². The molecular weight excluding hydrogens is 404 g/mol. The van der Waals surface area contributed by atoms with E-state index < -0.39 is 18.0 Å². The van der Waals surface area contributed by atoms with Crippen LogP contribution in [0.1, 0.15) is 39.0 Å². The van der Waals surface area contributed by atoms with E-state index in [1.165, 1.54) is 4.90 Å². The van der Waals surface area contributed by atoms with Gasteiger partial charge in [0.1, 0.15) is 11.5 Å². The van der Waals surface area contributed by atoms with E-state index in [-0.39, 0.29) is 54.4 Å². The van der Waals surface area contributed by atoms with Crippen LogP contribution in [-0.4, -0.2) is 98.1 Å². The Morgan fingerprint density at radius 2 is 2.00 bits per heavy atom. The van der Waals surface area contributed by atoms with Crippen molar-refractivity contribution in [3.63, 3.8) is 0 Å². The summed E-state index contributed by atoms with van der Waals surface area (Å²) in [6.45, 7) is 3.08. The van der Waals surface area contributed by atoms with Gasteiger partial charge in [-0.2, -0.15) is 0 Å². The molecule has 0 spiro atoms. The van der Waals surface area contributed by atoms with Gasteiger partial charge in [0.05, 0.1) is 37.1 Å². The Bertz CT molecular complexity index is 840. The van der Waals surface area contributed by atoms with Crippen molar-refractivity contribution in [1.29, 1.82) is 5.41 Å². The van der Waals surface area contributed by atoms with Gasteiger partial charge in [-0.25, -0.2) is 4.79 Å². The highest BCUT2D eigenvalue weighted by Crippen LogP contribution is 2.47. The summed E-state index contributed by atoms with van der Waals surface area (Å²) in [6, 6.07) is -0.480. The summed E-state index contributed by atoms with van der Waals surface area (Å²) >= 11 is 0. The minimum Gasteiger partial charge on any atom is -0.477 e. The number of nitrogens with zero attached hydrogens (tertiary/aromatic N) is 3. The maximum Gasteiger partial charge on any atom is 0.352 e. The molecule has 4 rings (SSSR count). The van der Waals surface area contributed by atoms with Crippen LogP contribution in [0.4, 0.5) is 0 Å². The number of carboxylic acids is 1. The number of carbonyl (C=O) groups is 3. The van der Waals surface area contributed by atoms with Crippen molar-refractivity contribution in [2.45, 2.75) is 57.2 Å². The summed E-state index contributed by atoms with van der Waals surface area (Å²) in [5.41, 5.74) is 0.736. The van der Waals surface area contributed by atoms with E-state index in [0.717, 1.165) is 12.8 Å². The van der Waals surface area contributed by atoms with E-state index >= 15 is 0 Å². The Morgan fingerprint density at radius 3 is 2.65 bits per heavy atom. The molecule has 10 heteroatoms. The first kappa shape index (κ1) is 21.8. The Balaban J connectivity index is 1.41. The van der Waals surface area contributed by atoms with Crippen LogP contribution in [0.5, 0.6) is 0 Å². The lowest BCUT2D eigenvalue weighted by molar-refractivity contribution is -0.161. The molecule has 3 fully saturated rings. The Kier molecular flexibility index (Phi) is 5.78. The molecule has 10 nitrogen and oxygen atoms in total. The second-order valence-corrected chi connectivity index (χ2v) is 9.05. The van der Waals surface area contributed by atoms with E-state index in [1.807, 2.05) is 4.90 Å². The molecule has 4 N–H and O–H groups in total. The number of amidine groups is 1. The summed E-state index contributed by atoms with van der Waals surface area (Å²) in [5.74, 6) is -2.11. The van der Waals surface area contributed by atoms with Crippen LogP contribution in [0.2, 0.25) is 0 Å². The van der Waals surface area contributed by atoms with Crippen LogP contribution in [-0.2, 0) is 14.4 Å². The highest BCUT2D eigenvalue weighted by molar-refractivity contribution is 6.00. The monoisotopic (exact) mass is 434 g/mol. The molecule has 0 saturated carbocycles. The van der Waals surface area contributed by atoms with Gasteiger partial charge in [-0.05, 0) is 38.2 Å². The number of aliphatic hydroxyl groups excluding tert-OH is 2. The van der Waals surface area contributed by atoms with Gasteiger partial charge in [0.25, 0.3) is 0 Å². The molecular formula is C21H30N4O6. The van der Waals surface area contributed by atoms with Gasteiger partial charge < -0.3 is 30.0 Å². The molecule has 3 saturated heterocycles. The quantitative estimate of drug-likeness (QED) is 0.253. The van der Waals surface area contributed by atoms with E-state index in [2.05, 4.69) is 0 Å². The number of rotatable bonds is 6. The minimum atomic E-state index is -1.14. The number of amides is 2. The molecule has 4 aliphatic rings. The van der Waals surface area contributed by atoms with Crippen molar-refractivity contribution in [3.8, 4) is 0 Å². The zero-order chi connectivity index (χ0) is 22.4. The van der Waals surface area contributed by atoms with Crippen LogP contribution in [0.15, 0.2) is 11.3 Å². The number of aliphatic carboxylic acids is 1. The van der Waals surface area contributed by atoms with Crippen molar-refractivity contribution in [3.05, 3.63) is 11.3 Å². The summed E-state index contributed by atoms with van der Waals surface area (Å²) in [5, 5.41) is 37.4. The zero-order valence-electron chi connectivity index (χ0n) is 17.7. The van der Waals surface area contributed by atoms with Crippen LogP contribution in [0.3, 0.4) is 0 Å². The fourth-order valence-electron chi connectivity index (χ4n) is 5.67. The van der Waals surface area contributed by atoms with E-state index in [0.29, 0.717) is 38.0 Å². The largest absolute Gasteiger partial charge is 0.477 e. The minimum absolute atomic E-state index is 0.0317. The van der Waals surface area contributed by atoms with Gasteiger partial charge in [0.15, 0.2) is 0 Å². The molecule has 0 aliphatic carbocycles. The molecule has 0 radical (unpaired) electrons. The second kappa shape index (κ2) is 8.23. The third-order valence-corrected chi connectivity index (χ3v) is 7.25. The number of hydrogen-bond donors (Lipinski definition) is 4. The summed E-state index contributed by atoms with van der Waals surface area (Å²) in [4.78, 5) is 41.7. The molecule has 170 valence electrons. The molecule has 5 atom stereocenters. The lowest BCUT2D eigenvalue weighted by Crippen LogP contribution is -2.61. The molecule has 4 heterocycles. The average molecular weight is 434 g/mol. The highest BCUT2D eigenvalue weighted by Gasteiger charge is 2.57. The van der Waals surface area contributed by atoms with Crippen LogP contribution in [0.25, 0.3) is 0 Å². The summed E-state index contributed by atoms with van der Waals surface area (Å²) in [6.07, 6.45) is 1.85. The Labute approximate surface area is 180 Å². The lowest BCUT2D eigenvalue weighted by Gasteiger charge is -2.44. The summed E-state index contributed by atoms with van der Waals surface area (Å²) in [7, 11) is 0. The van der Waals surface area contributed by atoms with Gasteiger partial charge in [-0.1, -0.05) is 0 Å². The topological polar surface area (TPSA) is 145 Å². The van der Waals surface area contributed by atoms with Crippen LogP contribution in [0, 0.1) is 17.2 Å². The van der Waals surface area contributed by atoms with Crippen molar-refractivity contribution in [1.82, 2.24) is 14.7 Å². The first-order valence-corrected chi connectivity index (χ1v) is 10.9. The fourth-order valence-corrected chi connectivity index (χ4v) is 5.67. The number of aliphatic hydroxyl groups is 2. The van der Waals surface area contributed by atoms with Gasteiger partial charge in [0.2, 0.25) is 11.8 Å². The first-order valence-electron chi connectivity index (χ1n) is 10.9. The Hall–Kier alpha value is -2.46. The predicted octanol–water partition coefficient (Wildman–Crippen LogP) is -0.391. The van der Waals surface area contributed by atoms with Gasteiger partial charge in [0, 0.05) is 25.6 Å². The maximum absolute atomic E-state index is 12.6. The van der Waals surface area contributed by atoms with Gasteiger partial charge in [-0.3, -0.25) is 15.0 Å². The third-order valence-electron chi connectivity index (χ3n) is 7.25. The number of nitrogens with one attached hydrogen (secondary N) is 1. The normalized spacial score (nSPS) is 31.2. The molecule has 31 heavy (non-hydrogen) atoms. The van der Waals surface area contributed by atoms with E-state index in [9.17, 15) is 29.7 Å². The molecule has 4 aliphatic heterocycles. The lowest BCUT2D eigenvalue weighted by atomic mass is 9.82. The SMILES string of the molecule is C[C@@H](O)[C@H]1C(=O)N2C(C(=O)O)=C([C@@H]3CCN(C(=N)CC(=O)N4CCC[C@H]4CO)C3)C[C@H]12. The van der Waals surface area contributed by atoms with Crippen molar-refractivity contribution in [2.24, 2.45) is 11.8 Å². The molecule has 0 aromatic carbocycles. The predicted molar refractivity (Wildman–Crippen MR) is 109 cm³/mol. The molecule has 0 unspecified atom stereocenters. The Morgan fingerprint density at radius 1 is 1.26 bits per heavy atom. The first-order chi connectivity index (χ1) is 14.7. The smallest absolute Gasteiger partial charge is 0.352 e. The van der Waals surface area contributed by atoms with E-state index in [1.54, 1.807) is 11.8 Å². The number of β-lactam (4-membered cyclic amide) rings is 1. The molecule has 0 bridgehead atoms. The third kappa shape index (κ3) is 3.61. The van der Waals surface area contributed by atoms with Crippen molar-refractivity contribution >= 4 is 23.6 Å². The van der Waals surface area contributed by atoms with Crippen LogP contribution >= 0.6 is 0 Å². The molecule has 2 amide bonds. The second-order valence-electron chi connectivity index (χ2n) is 9.05. The van der Waals surface area contributed by atoms with Crippen molar-refractivity contribution in [2.75, 3.05) is 26.2 Å². The molecule has 0 aromatic rings. The average Bonchev–Trinajstić information content (AvgIpc) is 3.43. The van der Waals surface area contributed by atoms with E-state index in [4.69, 9.17) is 5.41 Å². The van der Waals surface area contributed by atoms with Crippen LogP contribution < -0.4 is 0 Å². The number of carbonyl (C=O) groups excluding carboxylic acids is 2. The summed E-state index contributed by atoms with van der Waals surface area (Å²) < 4.78 is 0. The van der Waals surface area contributed by atoms with Crippen molar-refractivity contribution < 1.29 is 29.7 Å². The van der Waals surface area contributed by atoms with Gasteiger partial charge in [-0.15, -0.1) is 0 Å².